The Balaban J connectivity index is 2.06. The van der Waals surface area contributed by atoms with Crippen LogP contribution in [-0.2, 0) is 6.54 Å². The van der Waals surface area contributed by atoms with Gasteiger partial charge in [0, 0.05) is 22.9 Å². The normalized spacial score (nSPS) is 10.8. The van der Waals surface area contributed by atoms with Gasteiger partial charge >= 0.3 is 5.97 Å². The molecule has 100 valence electrons. The number of carboxylic acid groups (broad SMARTS) is 1. The monoisotopic (exact) mass is 287 g/mol. The van der Waals surface area contributed by atoms with Crippen molar-refractivity contribution in [1.82, 2.24) is 14.5 Å². The molecule has 0 fully saturated rings. The Bertz CT molecular complexity index is 798. The first kappa shape index (κ1) is 12.6. The molecule has 20 heavy (non-hydrogen) atoms. The molecule has 0 aliphatic rings. The van der Waals surface area contributed by atoms with Crippen LogP contribution in [0.1, 0.15) is 16.1 Å². The van der Waals surface area contributed by atoms with Crippen LogP contribution >= 0.6 is 11.6 Å². The maximum atomic E-state index is 11.2. The zero-order chi connectivity index (χ0) is 14.1. The molecule has 0 saturated heterocycles. The predicted molar refractivity (Wildman–Crippen MR) is 75.0 cm³/mol. The third-order valence-electron chi connectivity index (χ3n) is 3.08. The van der Waals surface area contributed by atoms with E-state index in [-0.39, 0.29) is 5.56 Å². The van der Waals surface area contributed by atoms with Crippen LogP contribution in [0.5, 0.6) is 0 Å². The highest BCUT2D eigenvalue weighted by Crippen LogP contribution is 2.21. The van der Waals surface area contributed by atoms with E-state index in [1.807, 2.05) is 35.0 Å². The van der Waals surface area contributed by atoms with E-state index in [1.165, 1.54) is 12.5 Å². The molecule has 1 aromatic carbocycles. The van der Waals surface area contributed by atoms with Crippen molar-refractivity contribution < 1.29 is 9.90 Å². The summed E-state index contributed by atoms with van der Waals surface area (Å²) in [5.74, 6) is -1.03. The second-order valence-corrected chi connectivity index (χ2v) is 4.77. The minimum absolute atomic E-state index is 0.108. The van der Waals surface area contributed by atoms with Gasteiger partial charge in [-0.25, -0.2) is 14.8 Å². The molecule has 2 heterocycles. The number of nitrogens with zero attached hydrogens (tertiary/aromatic N) is 3. The van der Waals surface area contributed by atoms with E-state index in [1.54, 1.807) is 0 Å². The highest BCUT2D eigenvalue weighted by Gasteiger charge is 2.12. The number of halogens is 1. The lowest BCUT2D eigenvalue weighted by Gasteiger charge is -2.07. The Kier molecular flexibility index (Phi) is 3.12. The first-order valence-corrected chi connectivity index (χ1v) is 6.29. The lowest BCUT2D eigenvalue weighted by Crippen LogP contribution is -2.09. The quantitative estimate of drug-likeness (QED) is 0.804. The number of rotatable bonds is 3. The van der Waals surface area contributed by atoms with Gasteiger partial charge in [-0.15, -0.1) is 0 Å². The number of hydrogen-bond acceptors (Lipinski definition) is 3. The molecular weight excluding hydrogens is 278 g/mol. The van der Waals surface area contributed by atoms with Crippen molar-refractivity contribution in [3.05, 3.63) is 59.3 Å². The van der Waals surface area contributed by atoms with Crippen molar-refractivity contribution in [2.75, 3.05) is 0 Å². The van der Waals surface area contributed by atoms with E-state index in [9.17, 15) is 4.79 Å². The third-order valence-corrected chi connectivity index (χ3v) is 3.32. The SMILES string of the molecule is O=C(O)c1cncnc1Cn1ccc2ccc(Cl)cc21. The molecule has 0 spiro atoms. The summed E-state index contributed by atoms with van der Waals surface area (Å²) < 4.78 is 1.91. The second kappa shape index (κ2) is 4.94. The first-order valence-electron chi connectivity index (χ1n) is 5.92. The van der Waals surface area contributed by atoms with Gasteiger partial charge in [0.15, 0.2) is 0 Å². The summed E-state index contributed by atoms with van der Waals surface area (Å²) in [5.41, 5.74) is 1.51. The Hall–Kier alpha value is -2.40. The summed E-state index contributed by atoms with van der Waals surface area (Å²) in [6.07, 6.45) is 4.54. The summed E-state index contributed by atoms with van der Waals surface area (Å²) in [6.45, 7) is 0.355. The molecule has 1 N–H and O–H groups in total. The summed E-state index contributed by atoms with van der Waals surface area (Å²) in [5, 5.41) is 10.8. The first-order chi connectivity index (χ1) is 9.65. The Morgan fingerprint density at radius 2 is 2.20 bits per heavy atom. The molecule has 3 rings (SSSR count). The molecular formula is C14H10ClN3O2. The van der Waals surface area contributed by atoms with E-state index in [0.717, 1.165) is 10.9 Å². The molecule has 5 nitrogen and oxygen atoms in total. The molecule has 6 heteroatoms. The highest BCUT2D eigenvalue weighted by molar-refractivity contribution is 6.31. The smallest absolute Gasteiger partial charge is 0.339 e. The van der Waals surface area contributed by atoms with Crippen molar-refractivity contribution in [1.29, 1.82) is 0 Å². The zero-order valence-electron chi connectivity index (χ0n) is 10.3. The van der Waals surface area contributed by atoms with E-state index in [2.05, 4.69) is 9.97 Å². The van der Waals surface area contributed by atoms with Crippen molar-refractivity contribution in [3.63, 3.8) is 0 Å². The van der Waals surface area contributed by atoms with Crippen LogP contribution in [0.25, 0.3) is 10.9 Å². The summed E-state index contributed by atoms with van der Waals surface area (Å²) >= 11 is 6.00. The molecule has 0 aliphatic carbocycles. The number of hydrogen-bond donors (Lipinski definition) is 1. The van der Waals surface area contributed by atoms with Crippen LogP contribution < -0.4 is 0 Å². The van der Waals surface area contributed by atoms with Crippen molar-refractivity contribution >= 4 is 28.5 Å². The molecule has 0 saturated carbocycles. The average Bonchev–Trinajstić information content (AvgIpc) is 2.82. The maximum Gasteiger partial charge on any atom is 0.339 e. The van der Waals surface area contributed by atoms with Gasteiger partial charge in [0.1, 0.15) is 11.9 Å². The third kappa shape index (κ3) is 2.23. The number of aromatic carboxylic acids is 1. The lowest BCUT2D eigenvalue weighted by atomic mass is 10.2. The van der Waals surface area contributed by atoms with Crippen LogP contribution in [0.15, 0.2) is 43.0 Å². The van der Waals surface area contributed by atoms with Gasteiger partial charge in [0.25, 0.3) is 0 Å². The van der Waals surface area contributed by atoms with Gasteiger partial charge in [-0.05, 0) is 23.6 Å². The van der Waals surface area contributed by atoms with E-state index >= 15 is 0 Å². The molecule has 0 radical (unpaired) electrons. The van der Waals surface area contributed by atoms with E-state index in [4.69, 9.17) is 16.7 Å². The molecule has 0 bridgehead atoms. The lowest BCUT2D eigenvalue weighted by molar-refractivity contribution is 0.0694. The van der Waals surface area contributed by atoms with Crippen LogP contribution in [0.2, 0.25) is 5.02 Å². The van der Waals surface area contributed by atoms with E-state index in [0.29, 0.717) is 17.3 Å². The number of fused-ring (bicyclic) bond motifs is 1. The fourth-order valence-corrected chi connectivity index (χ4v) is 2.28. The number of aromatic nitrogens is 3. The van der Waals surface area contributed by atoms with Crippen LogP contribution in [0, 0.1) is 0 Å². The fourth-order valence-electron chi connectivity index (χ4n) is 2.12. The van der Waals surface area contributed by atoms with Crippen LogP contribution in [-0.4, -0.2) is 25.6 Å². The van der Waals surface area contributed by atoms with Gasteiger partial charge in [0.05, 0.1) is 12.2 Å². The minimum atomic E-state index is -1.03. The molecule has 2 aromatic heterocycles. The maximum absolute atomic E-state index is 11.2. The average molecular weight is 288 g/mol. The summed E-state index contributed by atoms with van der Waals surface area (Å²) in [4.78, 5) is 19.0. The largest absolute Gasteiger partial charge is 0.478 e. The fraction of sp³-hybridized carbons (Fsp3) is 0.0714. The predicted octanol–water partition coefficient (Wildman–Crippen LogP) is 2.83. The van der Waals surface area contributed by atoms with Gasteiger partial charge in [-0.3, -0.25) is 0 Å². The topological polar surface area (TPSA) is 68.0 Å². The van der Waals surface area contributed by atoms with E-state index < -0.39 is 5.97 Å². The van der Waals surface area contributed by atoms with Crippen molar-refractivity contribution in [2.45, 2.75) is 6.54 Å². The highest BCUT2D eigenvalue weighted by atomic mass is 35.5. The van der Waals surface area contributed by atoms with Crippen LogP contribution in [0.4, 0.5) is 0 Å². The minimum Gasteiger partial charge on any atom is -0.478 e. The molecule has 0 aliphatic heterocycles. The standard InChI is InChI=1S/C14H10ClN3O2/c15-10-2-1-9-3-4-18(13(9)5-10)7-12-11(14(19)20)6-16-8-17-12/h1-6,8H,7H2,(H,19,20). The summed E-state index contributed by atoms with van der Waals surface area (Å²) in [7, 11) is 0. The molecule has 0 atom stereocenters. The molecule has 3 aromatic rings. The van der Waals surface area contributed by atoms with Gasteiger partial charge in [0.2, 0.25) is 0 Å². The number of carbonyl (C=O) groups is 1. The van der Waals surface area contributed by atoms with Crippen molar-refractivity contribution in [2.24, 2.45) is 0 Å². The number of benzene rings is 1. The molecule has 0 unspecified atom stereocenters. The van der Waals surface area contributed by atoms with Crippen LogP contribution in [0.3, 0.4) is 0 Å². The number of carboxylic acids is 1. The Morgan fingerprint density at radius 3 is 3.00 bits per heavy atom. The van der Waals surface area contributed by atoms with Crippen molar-refractivity contribution in [3.8, 4) is 0 Å². The zero-order valence-corrected chi connectivity index (χ0v) is 11.1. The van der Waals surface area contributed by atoms with Gasteiger partial charge in [-0.2, -0.15) is 0 Å². The summed E-state index contributed by atoms with van der Waals surface area (Å²) in [6, 6.07) is 7.54. The van der Waals surface area contributed by atoms with Gasteiger partial charge < -0.3 is 9.67 Å². The Labute approximate surface area is 119 Å². The van der Waals surface area contributed by atoms with Gasteiger partial charge in [-0.1, -0.05) is 17.7 Å². The molecule has 0 amide bonds. The second-order valence-electron chi connectivity index (χ2n) is 4.34. The Morgan fingerprint density at radius 1 is 1.35 bits per heavy atom.